The molecule has 4 heteroatoms. The zero-order valence-corrected chi connectivity index (χ0v) is 18.7. The van der Waals surface area contributed by atoms with Gasteiger partial charge in [-0.3, -0.25) is 0 Å². The molecule has 160 valence electrons. The third-order valence-electron chi connectivity index (χ3n) is 5.07. The van der Waals surface area contributed by atoms with E-state index in [-0.39, 0.29) is 0 Å². The summed E-state index contributed by atoms with van der Waals surface area (Å²) in [6.07, 6.45) is 21.5. The second-order valence-corrected chi connectivity index (χ2v) is 8.39. The third kappa shape index (κ3) is 20.0. The monoisotopic (exact) mass is 401 g/mol. The van der Waals surface area contributed by atoms with Crippen molar-refractivity contribution < 1.29 is 9.90 Å². The second-order valence-electron chi connectivity index (χ2n) is 8.02. The largest absolute Gasteiger partial charge is 0.478 e. The van der Waals surface area contributed by atoms with Crippen LogP contribution in [0.3, 0.4) is 0 Å². The Morgan fingerprint density at radius 3 is 1.56 bits per heavy atom. The summed E-state index contributed by atoms with van der Waals surface area (Å²) in [4.78, 5) is 13.3. The summed E-state index contributed by atoms with van der Waals surface area (Å²) in [6, 6.07) is 0. The summed E-state index contributed by atoms with van der Waals surface area (Å²) in [5.74, 6) is 0.0709. The average Bonchev–Trinajstić information content (AvgIpc) is 2.62. The van der Waals surface area contributed by atoms with E-state index in [2.05, 4.69) is 4.90 Å². The van der Waals surface area contributed by atoms with Gasteiger partial charge in [-0.15, -0.1) is 11.6 Å². The van der Waals surface area contributed by atoms with Gasteiger partial charge in [0.1, 0.15) is 0 Å². The Kier molecular flexibility index (Phi) is 19.8. The molecule has 0 saturated heterocycles. The normalized spacial score (nSPS) is 12.1. The molecule has 0 rings (SSSR count). The van der Waals surface area contributed by atoms with E-state index >= 15 is 0 Å². The van der Waals surface area contributed by atoms with E-state index in [1.165, 1.54) is 77.0 Å². The summed E-state index contributed by atoms with van der Waals surface area (Å²) in [5, 5.41) is 9.27. The Labute approximate surface area is 173 Å². The molecule has 0 unspecified atom stereocenters. The Morgan fingerprint density at radius 2 is 1.19 bits per heavy atom. The number of carboxylic acid groups (broad SMARTS) is 1. The standard InChI is InChI=1S/C23H44ClNO2/c1-25(2)21-17-19-22(23(26)27)18-15-13-11-9-7-5-3-4-6-8-10-12-14-16-20-24/h19H,3-18,20-21H2,1-2H3,(H,26,27). The van der Waals surface area contributed by atoms with Crippen molar-refractivity contribution >= 4 is 17.6 Å². The van der Waals surface area contributed by atoms with Gasteiger partial charge in [-0.2, -0.15) is 0 Å². The zero-order chi connectivity index (χ0) is 20.2. The van der Waals surface area contributed by atoms with Crippen molar-refractivity contribution in [3.05, 3.63) is 11.6 Å². The van der Waals surface area contributed by atoms with Crippen LogP contribution in [0.2, 0.25) is 0 Å². The molecule has 0 bridgehead atoms. The first-order valence-corrected chi connectivity index (χ1v) is 11.7. The summed E-state index contributed by atoms with van der Waals surface area (Å²) in [7, 11) is 4.03. The van der Waals surface area contributed by atoms with Crippen LogP contribution in [0, 0.1) is 0 Å². The Balaban J connectivity index is 3.41. The minimum Gasteiger partial charge on any atom is -0.478 e. The van der Waals surface area contributed by atoms with Crippen LogP contribution in [0.15, 0.2) is 11.6 Å². The number of hydrogen-bond acceptors (Lipinski definition) is 2. The quantitative estimate of drug-likeness (QED) is 0.135. The fraction of sp³-hybridized carbons (Fsp3) is 0.870. The molecule has 0 aliphatic heterocycles. The first-order valence-electron chi connectivity index (χ1n) is 11.2. The molecule has 0 aliphatic rings. The lowest BCUT2D eigenvalue weighted by molar-refractivity contribution is -0.132. The Hall–Kier alpha value is -0.540. The average molecular weight is 402 g/mol. The van der Waals surface area contributed by atoms with E-state index in [1.54, 1.807) is 0 Å². The number of aliphatic carboxylic acids is 1. The molecule has 0 aliphatic carbocycles. The highest BCUT2D eigenvalue weighted by Crippen LogP contribution is 2.15. The van der Waals surface area contributed by atoms with Gasteiger partial charge in [-0.1, -0.05) is 83.1 Å². The van der Waals surface area contributed by atoms with Crippen LogP contribution >= 0.6 is 11.6 Å². The molecular formula is C23H44ClNO2. The lowest BCUT2D eigenvalue weighted by Crippen LogP contribution is -2.12. The van der Waals surface area contributed by atoms with E-state index < -0.39 is 5.97 Å². The fourth-order valence-electron chi connectivity index (χ4n) is 3.32. The highest BCUT2D eigenvalue weighted by molar-refractivity contribution is 6.17. The minimum absolute atomic E-state index is 0.597. The lowest BCUT2D eigenvalue weighted by Gasteiger charge is -2.08. The predicted octanol–water partition coefficient (Wildman–Crippen LogP) is 7.04. The number of carboxylic acids is 1. The van der Waals surface area contributed by atoms with Crippen molar-refractivity contribution in [1.29, 1.82) is 0 Å². The van der Waals surface area contributed by atoms with E-state index in [0.717, 1.165) is 31.7 Å². The van der Waals surface area contributed by atoms with Crippen molar-refractivity contribution in [3.63, 3.8) is 0 Å². The maximum absolute atomic E-state index is 11.3. The van der Waals surface area contributed by atoms with Crippen LogP contribution in [0.4, 0.5) is 0 Å². The molecule has 1 N–H and O–H groups in total. The first-order chi connectivity index (χ1) is 13.1. The molecule has 0 radical (unpaired) electrons. The van der Waals surface area contributed by atoms with Crippen LogP contribution in [0.5, 0.6) is 0 Å². The highest BCUT2D eigenvalue weighted by Gasteiger charge is 2.06. The summed E-state index contributed by atoms with van der Waals surface area (Å²) in [6.45, 7) is 0.908. The Morgan fingerprint density at radius 1 is 0.778 bits per heavy atom. The minimum atomic E-state index is -0.743. The predicted molar refractivity (Wildman–Crippen MR) is 119 cm³/mol. The van der Waals surface area contributed by atoms with E-state index in [4.69, 9.17) is 11.6 Å². The Bertz CT molecular complexity index is 369. The second kappa shape index (κ2) is 20.2. The van der Waals surface area contributed by atoms with Gasteiger partial charge in [-0.05, 0) is 39.8 Å². The maximum Gasteiger partial charge on any atom is 0.331 e. The van der Waals surface area contributed by atoms with Crippen LogP contribution < -0.4 is 0 Å². The summed E-state index contributed by atoms with van der Waals surface area (Å²) in [5.41, 5.74) is 0.597. The van der Waals surface area contributed by atoms with Crippen molar-refractivity contribution in [2.45, 2.75) is 103 Å². The van der Waals surface area contributed by atoms with Gasteiger partial charge in [0, 0.05) is 18.0 Å². The van der Waals surface area contributed by atoms with Crippen molar-refractivity contribution in [3.8, 4) is 0 Å². The molecule has 0 aromatic rings. The number of unbranched alkanes of at least 4 members (excludes halogenated alkanes) is 13. The third-order valence-corrected chi connectivity index (χ3v) is 5.34. The first kappa shape index (κ1) is 26.5. The smallest absolute Gasteiger partial charge is 0.331 e. The SMILES string of the molecule is CN(C)CCC=C(CCCCCCCCCCCCCCCCCl)C(=O)O. The van der Waals surface area contributed by atoms with Crippen molar-refractivity contribution in [1.82, 2.24) is 4.90 Å². The molecule has 0 amide bonds. The fourth-order valence-corrected chi connectivity index (χ4v) is 3.51. The molecule has 0 atom stereocenters. The molecule has 0 saturated carbocycles. The number of rotatable bonds is 20. The highest BCUT2D eigenvalue weighted by atomic mass is 35.5. The lowest BCUT2D eigenvalue weighted by atomic mass is 10.0. The van der Waals surface area contributed by atoms with E-state index in [9.17, 15) is 9.90 Å². The zero-order valence-electron chi connectivity index (χ0n) is 18.0. The van der Waals surface area contributed by atoms with Crippen molar-refractivity contribution in [2.24, 2.45) is 0 Å². The maximum atomic E-state index is 11.3. The van der Waals surface area contributed by atoms with Crippen LogP contribution in [0.1, 0.15) is 103 Å². The van der Waals surface area contributed by atoms with Gasteiger partial charge < -0.3 is 10.0 Å². The van der Waals surface area contributed by atoms with Crippen LogP contribution in [-0.4, -0.2) is 42.5 Å². The van der Waals surface area contributed by atoms with E-state index in [1.807, 2.05) is 20.2 Å². The van der Waals surface area contributed by atoms with E-state index in [0.29, 0.717) is 12.0 Å². The number of carbonyl (C=O) groups is 1. The number of nitrogens with zero attached hydrogens (tertiary/aromatic N) is 1. The van der Waals surface area contributed by atoms with Crippen LogP contribution in [-0.2, 0) is 4.79 Å². The van der Waals surface area contributed by atoms with Crippen molar-refractivity contribution in [2.75, 3.05) is 26.5 Å². The molecule has 27 heavy (non-hydrogen) atoms. The molecule has 0 aromatic carbocycles. The van der Waals surface area contributed by atoms with Gasteiger partial charge >= 0.3 is 5.97 Å². The summed E-state index contributed by atoms with van der Waals surface area (Å²) < 4.78 is 0. The number of halogens is 1. The molecule has 3 nitrogen and oxygen atoms in total. The number of hydrogen-bond donors (Lipinski definition) is 1. The topological polar surface area (TPSA) is 40.5 Å². The van der Waals surface area contributed by atoms with Gasteiger partial charge in [0.25, 0.3) is 0 Å². The molecule has 0 spiro atoms. The van der Waals surface area contributed by atoms with Gasteiger partial charge in [0.15, 0.2) is 0 Å². The molecule has 0 heterocycles. The molecular weight excluding hydrogens is 358 g/mol. The molecule has 0 fully saturated rings. The van der Waals surface area contributed by atoms with Gasteiger partial charge in [0.05, 0.1) is 0 Å². The van der Waals surface area contributed by atoms with Gasteiger partial charge in [-0.25, -0.2) is 4.79 Å². The van der Waals surface area contributed by atoms with Crippen LogP contribution in [0.25, 0.3) is 0 Å². The van der Waals surface area contributed by atoms with Gasteiger partial charge in [0.2, 0.25) is 0 Å². The number of alkyl halides is 1. The summed E-state index contributed by atoms with van der Waals surface area (Å²) >= 11 is 5.68. The molecule has 0 aromatic heterocycles.